The Labute approximate surface area is 101 Å². The number of nitrogens with two attached hydrogens (primary N) is 1. The zero-order chi connectivity index (χ0) is 10.7. The van der Waals surface area contributed by atoms with Crippen molar-refractivity contribution < 1.29 is 0 Å². The van der Waals surface area contributed by atoms with Gasteiger partial charge in [0.05, 0.1) is 0 Å². The summed E-state index contributed by atoms with van der Waals surface area (Å²) in [6, 6.07) is 10.2. The van der Waals surface area contributed by atoms with Crippen LogP contribution in [-0.4, -0.2) is 11.5 Å². The highest BCUT2D eigenvalue weighted by atomic mass is 79.9. The topological polar surface area (TPSA) is 38.9 Å². The van der Waals surface area contributed by atoms with Gasteiger partial charge in [-0.3, -0.25) is 0 Å². The van der Waals surface area contributed by atoms with E-state index in [4.69, 9.17) is 5.73 Å². The minimum Gasteiger partial charge on any atom is -0.330 e. The molecule has 1 aromatic carbocycles. The summed E-state index contributed by atoms with van der Waals surface area (Å²) in [7, 11) is 0. The molecule has 0 spiro atoms. The molecule has 15 heavy (non-hydrogen) atoms. The summed E-state index contributed by atoms with van der Waals surface area (Å²) in [5.74, 6) is 0. The van der Waals surface area contributed by atoms with Crippen LogP contribution in [0.25, 0.3) is 10.6 Å². The van der Waals surface area contributed by atoms with Gasteiger partial charge in [0.1, 0.15) is 9.61 Å². The molecule has 78 valence electrons. The third-order valence-corrected chi connectivity index (χ3v) is 4.12. The Morgan fingerprint density at radius 3 is 2.67 bits per heavy atom. The normalized spacial score (nSPS) is 10.5. The fraction of sp³-hybridized carbons (Fsp3) is 0.182. The first-order valence-electron chi connectivity index (χ1n) is 4.72. The molecular weight excluding hydrogens is 272 g/mol. The van der Waals surface area contributed by atoms with Crippen molar-refractivity contribution >= 4 is 27.3 Å². The molecule has 0 bridgehead atoms. The molecule has 2 rings (SSSR count). The van der Waals surface area contributed by atoms with Gasteiger partial charge in [-0.2, -0.15) is 0 Å². The van der Waals surface area contributed by atoms with Gasteiger partial charge in [0, 0.05) is 10.4 Å². The number of halogens is 1. The summed E-state index contributed by atoms with van der Waals surface area (Å²) in [6.45, 7) is 0.662. The summed E-state index contributed by atoms with van der Waals surface area (Å²) in [5.41, 5.74) is 6.69. The molecule has 0 aliphatic rings. The molecule has 2 aromatic rings. The first-order valence-corrected chi connectivity index (χ1v) is 6.33. The van der Waals surface area contributed by atoms with Crippen molar-refractivity contribution in [2.75, 3.05) is 6.54 Å². The SMILES string of the molecule is NCCc1sc(-c2ccccc2)nc1Br. The third-order valence-electron chi connectivity index (χ3n) is 2.04. The van der Waals surface area contributed by atoms with Crippen LogP contribution < -0.4 is 5.73 Å². The molecule has 0 fully saturated rings. The number of hydrogen-bond acceptors (Lipinski definition) is 3. The molecule has 2 N–H and O–H groups in total. The van der Waals surface area contributed by atoms with E-state index in [1.54, 1.807) is 11.3 Å². The van der Waals surface area contributed by atoms with Crippen molar-refractivity contribution in [3.05, 3.63) is 39.8 Å². The van der Waals surface area contributed by atoms with E-state index < -0.39 is 0 Å². The van der Waals surface area contributed by atoms with Gasteiger partial charge in [-0.15, -0.1) is 11.3 Å². The minimum absolute atomic E-state index is 0.662. The van der Waals surface area contributed by atoms with E-state index in [-0.39, 0.29) is 0 Å². The first kappa shape index (κ1) is 10.8. The lowest BCUT2D eigenvalue weighted by atomic mass is 10.2. The Hall–Kier alpha value is -0.710. The molecule has 0 radical (unpaired) electrons. The number of hydrogen-bond donors (Lipinski definition) is 1. The lowest BCUT2D eigenvalue weighted by Crippen LogP contribution is -2.01. The second-order valence-corrected chi connectivity index (χ2v) is 4.97. The predicted octanol–water partition coefficient (Wildman–Crippen LogP) is 3.07. The highest BCUT2D eigenvalue weighted by Gasteiger charge is 2.09. The molecule has 0 atom stereocenters. The van der Waals surface area contributed by atoms with Crippen LogP contribution >= 0.6 is 27.3 Å². The number of aromatic nitrogens is 1. The van der Waals surface area contributed by atoms with Gasteiger partial charge < -0.3 is 5.73 Å². The molecule has 0 aliphatic heterocycles. The monoisotopic (exact) mass is 282 g/mol. The van der Waals surface area contributed by atoms with Crippen LogP contribution in [0.1, 0.15) is 4.88 Å². The summed E-state index contributed by atoms with van der Waals surface area (Å²) in [4.78, 5) is 5.70. The van der Waals surface area contributed by atoms with Gasteiger partial charge in [0.2, 0.25) is 0 Å². The second kappa shape index (κ2) is 4.88. The van der Waals surface area contributed by atoms with Gasteiger partial charge >= 0.3 is 0 Å². The average molecular weight is 283 g/mol. The van der Waals surface area contributed by atoms with E-state index in [2.05, 4.69) is 33.0 Å². The molecule has 1 aromatic heterocycles. The Kier molecular flexibility index (Phi) is 3.51. The Morgan fingerprint density at radius 1 is 1.27 bits per heavy atom. The molecule has 0 saturated heterocycles. The van der Waals surface area contributed by atoms with E-state index in [0.717, 1.165) is 21.6 Å². The maximum Gasteiger partial charge on any atom is 0.124 e. The van der Waals surface area contributed by atoms with Crippen molar-refractivity contribution in [2.24, 2.45) is 5.73 Å². The van der Waals surface area contributed by atoms with Crippen molar-refractivity contribution in [1.82, 2.24) is 4.98 Å². The molecule has 0 aliphatic carbocycles. The van der Waals surface area contributed by atoms with Crippen LogP contribution in [0.4, 0.5) is 0 Å². The molecule has 1 heterocycles. The van der Waals surface area contributed by atoms with E-state index >= 15 is 0 Å². The quantitative estimate of drug-likeness (QED) is 0.940. The van der Waals surface area contributed by atoms with Gasteiger partial charge in [-0.05, 0) is 28.9 Å². The molecule has 0 saturated carbocycles. The molecule has 0 unspecified atom stereocenters. The van der Waals surface area contributed by atoms with Crippen molar-refractivity contribution in [3.63, 3.8) is 0 Å². The standard InChI is InChI=1S/C11H11BrN2S/c12-10-9(6-7-13)15-11(14-10)8-4-2-1-3-5-8/h1-5H,6-7,13H2. The lowest BCUT2D eigenvalue weighted by molar-refractivity contribution is 0.977. The number of rotatable bonds is 3. The van der Waals surface area contributed by atoms with E-state index in [1.807, 2.05) is 18.2 Å². The highest BCUT2D eigenvalue weighted by Crippen LogP contribution is 2.30. The zero-order valence-electron chi connectivity index (χ0n) is 8.11. The average Bonchev–Trinajstić information content (AvgIpc) is 2.63. The van der Waals surface area contributed by atoms with Crippen LogP contribution in [0.15, 0.2) is 34.9 Å². The van der Waals surface area contributed by atoms with Crippen LogP contribution in [0.2, 0.25) is 0 Å². The first-order chi connectivity index (χ1) is 7.31. The largest absolute Gasteiger partial charge is 0.330 e. The highest BCUT2D eigenvalue weighted by molar-refractivity contribution is 9.10. The molecule has 2 nitrogen and oxygen atoms in total. The lowest BCUT2D eigenvalue weighted by Gasteiger charge is -1.93. The van der Waals surface area contributed by atoms with E-state index in [1.165, 1.54) is 4.88 Å². The van der Waals surface area contributed by atoms with Crippen LogP contribution in [-0.2, 0) is 6.42 Å². The van der Waals surface area contributed by atoms with Gasteiger partial charge in [0.15, 0.2) is 0 Å². The predicted molar refractivity (Wildman–Crippen MR) is 68.0 cm³/mol. The van der Waals surface area contributed by atoms with Gasteiger partial charge in [-0.25, -0.2) is 4.98 Å². The number of thiazole rings is 1. The summed E-state index contributed by atoms with van der Waals surface area (Å²) in [5, 5.41) is 1.05. The zero-order valence-corrected chi connectivity index (χ0v) is 10.5. The molecule has 0 amide bonds. The maximum atomic E-state index is 5.54. The fourth-order valence-corrected chi connectivity index (χ4v) is 3.03. The maximum absolute atomic E-state index is 5.54. The third kappa shape index (κ3) is 2.45. The summed E-state index contributed by atoms with van der Waals surface area (Å²) in [6.07, 6.45) is 0.880. The van der Waals surface area contributed by atoms with Crippen molar-refractivity contribution in [1.29, 1.82) is 0 Å². The minimum atomic E-state index is 0.662. The van der Waals surface area contributed by atoms with E-state index in [0.29, 0.717) is 6.54 Å². The van der Waals surface area contributed by atoms with E-state index in [9.17, 15) is 0 Å². The second-order valence-electron chi connectivity index (χ2n) is 3.14. The molecule has 4 heteroatoms. The van der Waals surface area contributed by atoms with Crippen LogP contribution in [0, 0.1) is 0 Å². The smallest absolute Gasteiger partial charge is 0.124 e. The van der Waals surface area contributed by atoms with Crippen LogP contribution in [0.5, 0.6) is 0 Å². The van der Waals surface area contributed by atoms with Crippen molar-refractivity contribution in [2.45, 2.75) is 6.42 Å². The summed E-state index contributed by atoms with van der Waals surface area (Å²) < 4.78 is 0.928. The Balaban J connectivity index is 2.34. The van der Waals surface area contributed by atoms with Gasteiger partial charge in [0.25, 0.3) is 0 Å². The number of benzene rings is 1. The number of nitrogens with zero attached hydrogens (tertiary/aromatic N) is 1. The summed E-state index contributed by atoms with van der Waals surface area (Å²) >= 11 is 5.16. The Morgan fingerprint density at radius 2 is 2.00 bits per heavy atom. The van der Waals surface area contributed by atoms with Crippen molar-refractivity contribution in [3.8, 4) is 10.6 Å². The Bertz CT molecular complexity index is 439. The van der Waals surface area contributed by atoms with Gasteiger partial charge in [-0.1, -0.05) is 30.3 Å². The molecular formula is C11H11BrN2S. The van der Waals surface area contributed by atoms with Crippen LogP contribution in [0.3, 0.4) is 0 Å². The fourth-order valence-electron chi connectivity index (χ4n) is 1.32.